The van der Waals surface area contributed by atoms with E-state index >= 15 is 0 Å². The quantitative estimate of drug-likeness (QED) is 0.758. The first-order valence-electron chi connectivity index (χ1n) is 6.00. The number of hydrogen-bond donors (Lipinski definition) is 2. The Morgan fingerprint density at radius 1 is 1.30 bits per heavy atom. The molecule has 0 aliphatic carbocycles. The van der Waals surface area contributed by atoms with E-state index in [0.717, 1.165) is 0 Å². The average molecular weight is 320 g/mol. The van der Waals surface area contributed by atoms with E-state index in [2.05, 4.69) is 5.32 Å². The lowest BCUT2D eigenvalue weighted by molar-refractivity contribution is -0.137. The Morgan fingerprint density at radius 3 is 2.45 bits per heavy atom. The molecule has 0 aliphatic rings. The smallest absolute Gasteiger partial charge is 0.303 e. The van der Waals surface area contributed by atoms with Crippen molar-refractivity contribution in [1.29, 1.82) is 0 Å². The Hall–Kier alpha value is -1.46. The molecule has 0 radical (unpaired) electrons. The van der Waals surface area contributed by atoms with E-state index in [4.69, 9.17) is 33.0 Å². The molecule has 0 saturated carbocycles. The molecular weight excluding hydrogens is 305 g/mol. The van der Waals surface area contributed by atoms with Crippen molar-refractivity contribution in [2.75, 3.05) is 6.54 Å². The normalized spacial score (nSPS) is 11.8. The highest BCUT2D eigenvalue weighted by Crippen LogP contribution is 2.24. The zero-order valence-electron chi connectivity index (χ0n) is 10.9. The molecule has 0 spiro atoms. The van der Waals surface area contributed by atoms with Crippen molar-refractivity contribution in [3.05, 3.63) is 28.2 Å². The molecule has 0 heterocycles. The summed E-state index contributed by atoms with van der Waals surface area (Å²) in [5.41, 5.74) is 0. The predicted molar refractivity (Wildman–Crippen MR) is 76.4 cm³/mol. The number of nitrogens with one attached hydrogen (secondary N) is 1. The standard InChI is InChI=1S/C13H15Cl2NO4/c1-8(13(19)16-4-2-3-12(17)18)20-11-6-9(14)5-10(15)7-11/h5-8H,2-4H2,1H3,(H,16,19)(H,17,18). The fraction of sp³-hybridized carbons (Fsp3) is 0.385. The third kappa shape index (κ3) is 6.12. The first kappa shape index (κ1) is 16.6. The minimum atomic E-state index is -0.892. The van der Waals surface area contributed by atoms with Crippen molar-refractivity contribution >= 4 is 35.1 Å². The van der Waals surface area contributed by atoms with Crippen LogP contribution in [0.4, 0.5) is 0 Å². The van der Waals surface area contributed by atoms with Crippen LogP contribution in [0.5, 0.6) is 5.75 Å². The van der Waals surface area contributed by atoms with Crippen LogP contribution in [-0.2, 0) is 9.59 Å². The van der Waals surface area contributed by atoms with Gasteiger partial charge in [-0.3, -0.25) is 9.59 Å². The number of carboxylic acids is 1. The molecule has 1 atom stereocenters. The van der Waals surface area contributed by atoms with Gasteiger partial charge in [0.2, 0.25) is 0 Å². The van der Waals surface area contributed by atoms with E-state index in [-0.39, 0.29) is 18.9 Å². The van der Waals surface area contributed by atoms with E-state index in [1.807, 2.05) is 0 Å². The molecule has 2 N–H and O–H groups in total. The van der Waals surface area contributed by atoms with Crippen LogP contribution in [0, 0.1) is 0 Å². The summed E-state index contributed by atoms with van der Waals surface area (Å²) >= 11 is 11.6. The lowest BCUT2D eigenvalue weighted by Gasteiger charge is -2.15. The van der Waals surface area contributed by atoms with Gasteiger partial charge in [-0.2, -0.15) is 0 Å². The maximum Gasteiger partial charge on any atom is 0.303 e. The Morgan fingerprint density at radius 2 is 1.90 bits per heavy atom. The van der Waals surface area contributed by atoms with Crippen LogP contribution in [0.1, 0.15) is 19.8 Å². The van der Waals surface area contributed by atoms with Crippen LogP contribution in [0.2, 0.25) is 10.0 Å². The van der Waals surface area contributed by atoms with Crippen molar-refractivity contribution in [3.63, 3.8) is 0 Å². The largest absolute Gasteiger partial charge is 0.481 e. The van der Waals surface area contributed by atoms with Crippen LogP contribution in [0.3, 0.4) is 0 Å². The van der Waals surface area contributed by atoms with Gasteiger partial charge >= 0.3 is 5.97 Å². The Balaban J connectivity index is 2.43. The summed E-state index contributed by atoms with van der Waals surface area (Å²) in [6.45, 7) is 1.87. The van der Waals surface area contributed by atoms with Crippen molar-refractivity contribution in [2.24, 2.45) is 0 Å². The van der Waals surface area contributed by atoms with E-state index in [0.29, 0.717) is 22.2 Å². The number of amides is 1. The lowest BCUT2D eigenvalue weighted by Crippen LogP contribution is -2.36. The van der Waals surface area contributed by atoms with E-state index in [1.54, 1.807) is 25.1 Å². The number of rotatable bonds is 7. The average Bonchev–Trinajstić information content (AvgIpc) is 2.32. The molecule has 1 unspecified atom stereocenters. The monoisotopic (exact) mass is 319 g/mol. The molecule has 5 nitrogen and oxygen atoms in total. The highest BCUT2D eigenvalue weighted by atomic mass is 35.5. The molecule has 7 heteroatoms. The fourth-order valence-corrected chi connectivity index (χ4v) is 1.96. The number of carbonyl (C=O) groups is 2. The molecule has 110 valence electrons. The van der Waals surface area contributed by atoms with Gasteiger partial charge in [0.15, 0.2) is 6.10 Å². The van der Waals surface area contributed by atoms with Gasteiger partial charge in [-0.25, -0.2) is 0 Å². The molecule has 20 heavy (non-hydrogen) atoms. The third-order valence-electron chi connectivity index (χ3n) is 2.38. The molecule has 1 rings (SSSR count). The Kier molecular flexibility index (Phi) is 6.61. The SMILES string of the molecule is CC(Oc1cc(Cl)cc(Cl)c1)C(=O)NCCCC(=O)O. The number of hydrogen-bond acceptors (Lipinski definition) is 3. The maximum absolute atomic E-state index is 11.7. The number of ether oxygens (including phenoxy) is 1. The molecule has 0 fully saturated rings. The zero-order valence-corrected chi connectivity index (χ0v) is 12.4. The molecule has 0 saturated heterocycles. The minimum absolute atomic E-state index is 0.0133. The minimum Gasteiger partial charge on any atom is -0.481 e. The second kappa shape index (κ2) is 7.97. The van der Waals surface area contributed by atoms with Crippen LogP contribution in [0.25, 0.3) is 0 Å². The molecular formula is C13H15Cl2NO4. The summed E-state index contributed by atoms with van der Waals surface area (Å²) in [5.74, 6) is -0.820. The molecule has 1 amide bonds. The van der Waals surface area contributed by atoms with Gasteiger partial charge in [0, 0.05) is 23.0 Å². The van der Waals surface area contributed by atoms with Gasteiger partial charge in [0.05, 0.1) is 0 Å². The van der Waals surface area contributed by atoms with Crippen LogP contribution in [0.15, 0.2) is 18.2 Å². The van der Waals surface area contributed by atoms with Crippen LogP contribution >= 0.6 is 23.2 Å². The topological polar surface area (TPSA) is 75.6 Å². The number of benzene rings is 1. The molecule has 0 bridgehead atoms. The second-order valence-electron chi connectivity index (χ2n) is 4.15. The highest BCUT2D eigenvalue weighted by molar-refractivity contribution is 6.34. The fourth-order valence-electron chi connectivity index (χ4n) is 1.45. The second-order valence-corrected chi connectivity index (χ2v) is 5.03. The van der Waals surface area contributed by atoms with E-state index in [1.165, 1.54) is 0 Å². The van der Waals surface area contributed by atoms with Gasteiger partial charge in [-0.1, -0.05) is 23.2 Å². The Labute approximate surface area is 126 Å². The van der Waals surface area contributed by atoms with Crippen molar-refractivity contribution in [2.45, 2.75) is 25.9 Å². The molecule has 0 aromatic heterocycles. The van der Waals surface area contributed by atoms with Gasteiger partial charge in [0.1, 0.15) is 5.75 Å². The number of aliphatic carboxylic acids is 1. The first-order valence-corrected chi connectivity index (χ1v) is 6.76. The molecule has 1 aromatic carbocycles. The predicted octanol–water partition coefficient (Wildman–Crippen LogP) is 2.74. The number of halogens is 2. The summed E-state index contributed by atoms with van der Waals surface area (Å²) < 4.78 is 5.42. The number of carbonyl (C=O) groups excluding carboxylic acids is 1. The van der Waals surface area contributed by atoms with Gasteiger partial charge in [-0.05, 0) is 31.5 Å². The first-order chi connectivity index (χ1) is 9.38. The van der Waals surface area contributed by atoms with Crippen molar-refractivity contribution < 1.29 is 19.4 Å². The number of carboxylic acid groups (broad SMARTS) is 1. The van der Waals surface area contributed by atoms with Gasteiger partial charge in [-0.15, -0.1) is 0 Å². The summed E-state index contributed by atoms with van der Waals surface area (Å²) in [5, 5.41) is 11.9. The van der Waals surface area contributed by atoms with Gasteiger partial charge in [0.25, 0.3) is 5.91 Å². The summed E-state index contributed by atoms with van der Waals surface area (Å²) in [6.07, 6.45) is -0.342. The summed E-state index contributed by atoms with van der Waals surface area (Å²) in [6, 6.07) is 4.68. The zero-order chi connectivity index (χ0) is 15.1. The summed E-state index contributed by atoms with van der Waals surface area (Å²) in [4.78, 5) is 22.0. The molecule has 0 aliphatic heterocycles. The van der Waals surface area contributed by atoms with Crippen molar-refractivity contribution in [1.82, 2.24) is 5.32 Å². The molecule has 1 aromatic rings. The van der Waals surface area contributed by atoms with Crippen LogP contribution in [-0.4, -0.2) is 29.6 Å². The third-order valence-corrected chi connectivity index (χ3v) is 2.82. The van der Waals surface area contributed by atoms with Gasteiger partial charge < -0.3 is 15.2 Å². The maximum atomic E-state index is 11.7. The Bertz CT molecular complexity index is 473. The van der Waals surface area contributed by atoms with E-state index in [9.17, 15) is 9.59 Å². The van der Waals surface area contributed by atoms with Crippen molar-refractivity contribution in [3.8, 4) is 5.75 Å². The van der Waals surface area contributed by atoms with Crippen LogP contribution < -0.4 is 10.1 Å². The van der Waals surface area contributed by atoms with E-state index < -0.39 is 12.1 Å². The highest BCUT2D eigenvalue weighted by Gasteiger charge is 2.14. The lowest BCUT2D eigenvalue weighted by atomic mass is 10.3. The summed E-state index contributed by atoms with van der Waals surface area (Å²) in [7, 11) is 0.